The lowest BCUT2D eigenvalue weighted by atomic mass is 10.3. The van der Waals surface area contributed by atoms with Gasteiger partial charge in [0.1, 0.15) is 0 Å². The van der Waals surface area contributed by atoms with Crippen molar-refractivity contribution in [2.45, 2.75) is 38.8 Å². The molecule has 0 aromatic rings. The van der Waals surface area contributed by atoms with Crippen LogP contribution in [0.1, 0.15) is 26.2 Å². The van der Waals surface area contributed by atoms with Crippen molar-refractivity contribution in [2.75, 3.05) is 13.7 Å². The average Bonchev–Trinajstić information content (AvgIpc) is 2.26. The molecule has 0 aliphatic rings. The highest BCUT2D eigenvalue weighted by Gasteiger charge is 2.29. The van der Waals surface area contributed by atoms with Gasteiger partial charge in [0.25, 0.3) is 0 Å². The first-order valence-electron chi connectivity index (χ1n) is 5.42. The minimum absolute atomic E-state index is 0.0822. The number of carbonyl (C=O) groups is 1. The Morgan fingerprint density at radius 1 is 1.47 bits per heavy atom. The Labute approximate surface area is 93.7 Å². The van der Waals surface area contributed by atoms with Gasteiger partial charge in [0.05, 0.1) is 6.61 Å². The predicted octanol–water partition coefficient (Wildman–Crippen LogP) is 2.67. The number of carbonyl (C=O) groups excluding carboxylic acids is 1. The van der Waals surface area contributed by atoms with Gasteiger partial charge >= 0.3 is 8.56 Å². The summed E-state index contributed by atoms with van der Waals surface area (Å²) in [5, 5.41) is 0. The Kier molecular flexibility index (Phi) is 7.55. The molecule has 0 saturated carbocycles. The maximum Gasteiger partial charge on any atom is 0.335 e. The van der Waals surface area contributed by atoms with Gasteiger partial charge in [0.2, 0.25) is 0 Å². The molecule has 0 aromatic heterocycles. The third-order valence-corrected chi connectivity index (χ3v) is 5.29. The number of unbranched alkanes of at least 4 members (excludes halogenated alkanes) is 2. The molecule has 0 heterocycles. The Morgan fingerprint density at radius 2 is 2.13 bits per heavy atom. The predicted molar refractivity (Wildman–Crippen MR) is 64.1 cm³/mol. The lowest BCUT2D eigenvalue weighted by Gasteiger charge is -2.24. The number of ketones is 1. The third-order valence-electron chi connectivity index (χ3n) is 2.41. The SMILES string of the molecule is C=CC(=O)CO[Si](C)(CCCCC)OC. The summed E-state index contributed by atoms with van der Waals surface area (Å²) < 4.78 is 11.0. The minimum atomic E-state index is -2.11. The van der Waals surface area contributed by atoms with E-state index in [1.807, 2.05) is 6.55 Å². The van der Waals surface area contributed by atoms with Crippen LogP contribution < -0.4 is 0 Å². The first-order chi connectivity index (χ1) is 7.08. The van der Waals surface area contributed by atoms with E-state index in [0.717, 1.165) is 12.5 Å². The van der Waals surface area contributed by atoms with Crippen molar-refractivity contribution < 1.29 is 13.6 Å². The van der Waals surface area contributed by atoms with Crippen LogP contribution >= 0.6 is 0 Å². The molecule has 88 valence electrons. The first-order valence-corrected chi connectivity index (χ1v) is 7.94. The molecule has 1 unspecified atom stereocenters. The van der Waals surface area contributed by atoms with Crippen molar-refractivity contribution in [2.24, 2.45) is 0 Å². The molecule has 0 spiro atoms. The van der Waals surface area contributed by atoms with Gasteiger partial charge in [-0.25, -0.2) is 0 Å². The van der Waals surface area contributed by atoms with E-state index in [9.17, 15) is 4.79 Å². The summed E-state index contributed by atoms with van der Waals surface area (Å²) in [6.07, 6.45) is 4.76. The molecule has 0 aliphatic heterocycles. The van der Waals surface area contributed by atoms with Crippen molar-refractivity contribution in [3.8, 4) is 0 Å². The molecule has 0 radical (unpaired) electrons. The quantitative estimate of drug-likeness (QED) is 0.347. The monoisotopic (exact) mass is 230 g/mol. The van der Waals surface area contributed by atoms with Gasteiger partial charge in [-0.3, -0.25) is 4.79 Å². The fourth-order valence-corrected chi connectivity index (χ4v) is 3.02. The van der Waals surface area contributed by atoms with Gasteiger partial charge in [0, 0.05) is 7.11 Å². The van der Waals surface area contributed by atoms with Crippen LogP contribution in [0.4, 0.5) is 0 Å². The van der Waals surface area contributed by atoms with Crippen molar-refractivity contribution in [1.82, 2.24) is 0 Å². The van der Waals surface area contributed by atoms with Crippen LogP contribution in [0.3, 0.4) is 0 Å². The zero-order valence-electron chi connectivity index (χ0n) is 10.0. The highest BCUT2D eigenvalue weighted by molar-refractivity contribution is 6.66. The molecule has 3 nitrogen and oxygen atoms in total. The van der Waals surface area contributed by atoms with Crippen molar-refractivity contribution >= 4 is 14.3 Å². The van der Waals surface area contributed by atoms with E-state index in [0.29, 0.717) is 0 Å². The smallest absolute Gasteiger partial charge is 0.335 e. The maximum absolute atomic E-state index is 11.0. The summed E-state index contributed by atoms with van der Waals surface area (Å²) in [6, 6.07) is 0.946. The molecule has 0 saturated heterocycles. The summed E-state index contributed by atoms with van der Waals surface area (Å²) in [5.41, 5.74) is 0. The molecule has 0 rings (SSSR count). The van der Waals surface area contributed by atoms with Crippen LogP contribution in [0.15, 0.2) is 12.7 Å². The van der Waals surface area contributed by atoms with Crippen LogP contribution in [0, 0.1) is 0 Å². The van der Waals surface area contributed by atoms with Gasteiger partial charge < -0.3 is 8.85 Å². The van der Waals surface area contributed by atoms with Gasteiger partial charge in [-0.15, -0.1) is 0 Å². The van der Waals surface area contributed by atoms with E-state index in [2.05, 4.69) is 13.5 Å². The second-order valence-corrected chi connectivity index (χ2v) is 7.22. The van der Waals surface area contributed by atoms with Crippen molar-refractivity contribution in [1.29, 1.82) is 0 Å². The first kappa shape index (κ1) is 14.5. The van der Waals surface area contributed by atoms with Crippen molar-refractivity contribution in [3.63, 3.8) is 0 Å². The summed E-state index contributed by atoms with van der Waals surface area (Å²) in [5.74, 6) is -0.0822. The maximum atomic E-state index is 11.0. The number of hydrogen-bond donors (Lipinski definition) is 0. The molecule has 1 atom stereocenters. The third kappa shape index (κ3) is 6.60. The minimum Gasteiger partial charge on any atom is -0.398 e. The fraction of sp³-hybridized carbons (Fsp3) is 0.727. The summed E-state index contributed by atoms with van der Waals surface area (Å²) >= 11 is 0. The molecule has 4 heteroatoms. The van der Waals surface area contributed by atoms with E-state index >= 15 is 0 Å². The molecule has 0 amide bonds. The lowest BCUT2D eigenvalue weighted by molar-refractivity contribution is -0.117. The molecule has 0 N–H and O–H groups in total. The standard InChI is InChI=1S/C11H22O3Si/c1-5-7-8-9-15(4,13-3)14-10-11(12)6-2/h6H,2,5,7-10H2,1,3-4H3. The Hall–Kier alpha value is -0.453. The molecule has 0 fully saturated rings. The molecular formula is C11H22O3Si. The largest absolute Gasteiger partial charge is 0.398 e. The normalized spacial score (nSPS) is 14.6. The number of rotatable bonds is 9. The Morgan fingerprint density at radius 3 is 2.60 bits per heavy atom. The van der Waals surface area contributed by atoms with Crippen LogP contribution in [0.2, 0.25) is 12.6 Å². The van der Waals surface area contributed by atoms with Gasteiger partial charge in [-0.05, 0) is 18.7 Å². The van der Waals surface area contributed by atoms with Crippen LogP contribution in [0.5, 0.6) is 0 Å². The van der Waals surface area contributed by atoms with E-state index in [-0.39, 0.29) is 12.4 Å². The molecule has 0 aliphatic carbocycles. The molecule has 15 heavy (non-hydrogen) atoms. The van der Waals surface area contributed by atoms with Gasteiger partial charge in [0.15, 0.2) is 5.78 Å². The lowest BCUT2D eigenvalue weighted by Crippen LogP contribution is -2.38. The molecule has 0 bridgehead atoms. The summed E-state index contributed by atoms with van der Waals surface area (Å²) in [7, 11) is -0.445. The summed E-state index contributed by atoms with van der Waals surface area (Å²) in [6.45, 7) is 7.67. The second-order valence-electron chi connectivity index (χ2n) is 3.75. The van der Waals surface area contributed by atoms with Crippen molar-refractivity contribution in [3.05, 3.63) is 12.7 Å². The van der Waals surface area contributed by atoms with Crippen LogP contribution in [-0.4, -0.2) is 28.1 Å². The fourth-order valence-electron chi connectivity index (χ4n) is 1.21. The van der Waals surface area contributed by atoms with Crippen LogP contribution in [0.25, 0.3) is 0 Å². The number of hydrogen-bond acceptors (Lipinski definition) is 3. The van der Waals surface area contributed by atoms with Gasteiger partial charge in [-0.2, -0.15) is 0 Å². The summed E-state index contributed by atoms with van der Waals surface area (Å²) in [4.78, 5) is 11.0. The van der Waals surface area contributed by atoms with E-state index in [4.69, 9.17) is 8.85 Å². The zero-order chi connectivity index (χ0) is 11.7. The van der Waals surface area contributed by atoms with E-state index in [1.54, 1.807) is 7.11 Å². The topological polar surface area (TPSA) is 35.5 Å². The highest BCUT2D eigenvalue weighted by atomic mass is 28.4. The average molecular weight is 230 g/mol. The van der Waals surface area contributed by atoms with E-state index < -0.39 is 8.56 Å². The van der Waals surface area contributed by atoms with Gasteiger partial charge in [-0.1, -0.05) is 32.8 Å². The Bertz CT molecular complexity index is 206. The van der Waals surface area contributed by atoms with E-state index in [1.165, 1.54) is 18.9 Å². The second kappa shape index (κ2) is 7.79. The highest BCUT2D eigenvalue weighted by Crippen LogP contribution is 2.16. The molecular weight excluding hydrogens is 208 g/mol. The Balaban J connectivity index is 3.94. The zero-order valence-corrected chi connectivity index (χ0v) is 11.0. The molecule has 0 aromatic carbocycles. The van der Waals surface area contributed by atoms with Crippen LogP contribution in [-0.2, 0) is 13.6 Å².